The Bertz CT molecular complexity index is 378. The molecule has 0 radical (unpaired) electrons. The van der Waals surface area contributed by atoms with Gasteiger partial charge in [-0.05, 0) is 56.9 Å². The van der Waals surface area contributed by atoms with Crippen molar-refractivity contribution in [3.63, 3.8) is 0 Å². The number of rotatable bonds is 4. The lowest BCUT2D eigenvalue weighted by molar-refractivity contribution is 0.101. The molecule has 1 aliphatic carbocycles. The minimum atomic E-state index is 0.129. The van der Waals surface area contributed by atoms with Gasteiger partial charge in [-0.3, -0.25) is 4.79 Å². The van der Waals surface area contributed by atoms with Gasteiger partial charge in [0.25, 0.3) is 0 Å². The predicted molar refractivity (Wildman–Crippen MR) is 67.0 cm³/mol. The molecule has 0 saturated heterocycles. The van der Waals surface area contributed by atoms with E-state index >= 15 is 0 Å². The molecule has 0 aromatic heterocycles. The van der Waals surface area contributed by atoms with Crippen molar-refractivity contribution in [3.8, 4) is 0 Å². The van der Waals surface area contributed by atoms with Crippen LogP contribution in [0.1, 0.15) is 37.0 Å². The van der Waals surface area contributed by atoms with Gasteiger partial charge in [-0.15, -0.1) is 0 Å². The molecular formula is C14H19NO. The van der Waals surface area contributed by atoms with E-state index in [4.69, 9.17) is 0 Å². The standard InChI is InChI=1S/C14H19NO/c1-10(12-4-5-12)15(3)14-8-6-13(7-9-14)11(2)16/h6-10,12H,4-5H2,1-3H3. The quantitative estimate of drug-likeness (QED) is 0.722. The van der Waals surface area contributed by atoms with Crippen molar-refractivity contribution in [3.05, 3.63) is 29.8 Å². The lowest BCUT2D eigenvalue weighted by Gasteiger charge is -2.27. The van der Waals surface area contributed by atoms with Crippen molar-refractivity contribution in [2.45, 2.75) is 32.7 Å². The van der Waals surface area contributed by atoms with E-state index in [9.17, 15) is 4.79 Å². The van der Waals surface area contributed by atoms with Gasteiger partial charge in [0.15, 0.2) is 5.78 Å². The molecule has 0 N–H and O–H groups in total. The zero-order valence-corrected chi connectivity index (χ0v) is 10.2. The normalized spacial score (nSPS) is 16.9. The number of anilines is 1. The highest BCUT2D eigenvalue weighted by Crippen LogP contribution is 2.36. The van der Waals surface area contributed by atoms with Crippen molar-refractivity contribution in [1.29, 1.82) is 0 Å². The summed E-state index contributed by atoms with van der Waals surface area (Å²) in [5, 5.41) is 0. The maximum absolute atomic E-state index is 11.2. The molecule has 2 rings (SSSR count). The number of carbonyl (C=O) groups is 1. The van der Waals surface area contributed by atoms with E-state index in [1.54, 1.807) is 6.92 Å². The van der Waals surface area contributed by atoms with Crippen molar-refractivity contribution in [2.75, 3.05) is 11.9 Å². The molecule has 0 aliphatic heterocycles. The number of Topliss-reactive ketones (excluding diaryl/α,β-unsaturated/α-hetero) is 1. The van der Waals surface area contributed by atoms with Crippen LogP contribution in [0.15, 0.2) is 24.3 Å². The molecule has 1 aromatic rings. The van der Waals surface area contributed by atoms with E-state index in [1.807, 2.05) is 24.3 Å². The summed E-state index contributed by atoms with van der Waals surface area (Å²) >= 11 is 0. The second-order valence-electron chi connectivity index (χ2n) is 4.79. The first kappa shape index (κ1) is 11.2. The molecule has 1 unspecified atom stereocenters. The van der Waals surface area contributed by atoms with Crippen LogP contribution in [0.25, 0.3) is 0 Å². The van der Waals surface area contributed by atoms with E-state index in [2.05, 4.69) is 18.9 Å². The lowest BCUT2D eigenvalue weighted by atomic mass is 10.1. The largest absolute Gasteiger partial charge is 0.372 e. The van der Waals surface area contributed by atoms with Gasteiger partial charge in [0.1, 0.15) is 0 Å². The summed E-state index contributed by atoms with van der Waals surface area (Å²) in [6.07, 6.45) is 2.72. The summed E-state index contributed by atoms with van der Waals surface area (Å²) in [6.45, 7) is 3.88. The van der Waals surface area contributed by atoms with Crippen LogP contribution in [0.2, 0.25) is 0 Å². The number of benzene rings is 1. The molecular weight excluding hydrogens is 198 g/mol. The van der Waals surface area contributed by atoms with Crippen LogP contribution in [0, 0.1) is 5.92 Å². The number of ketones is 1. The molecule has 0 bridgehead atoms. The average Bonchev–Trinajstić information content (AvgIpc) is 3.11. The van der Waals surface area contributed by atoms with Crippen LogP contribution in [-0.4, -0.2) is 18.9 Å². The fourth-order valence-corrected chi connectivity index (χ4v) is 2.06. The molecule has 0 spiro atoms. The molecule has 1 atom stereocenters. The Morgan fingerprint density at radius 1 is 1.31 bits per heavy atom. The van der Waals surface area contributed by atoms with E-state index in [0.29, 0.717) is 6.04 Å². The molecule has 0 amide bonds. The highest BCUT2D eigenvalue weighted by atomic mass is 16.1. The number of carbonyl (C=O) groups excluding carboxylic acids is 1. The average molecular weight is 217 g/mol. The van der Waals surface area contributed by atoms with E-state index < -0.39 is 0 Å². The third-order valence-corrected chi connectivity index (χ3v) is 3.60. The summed E-state index contributed by atoms with van der Waals surface area (Å²) in [5.74, 6) is 0.988. The Morgan fingerprint density at radius 2 is 1.88 bits per heavy atom. The van der Waals surface area contributed by atoms with Crippen molar-refractivity contribution >= 4 is 11.5 Å². The van der Waals surface area contributed by atoms with Crippen molar-refractivity contribution < 1.29 is 4.79 Å². The zero-order chi connectivity index (χ0) is 11.7. The van der Waals surface area contributed by atoms with Gasteiger partial charge < -0.3 is 4.90 Å². The van der Waals surface area contributed by atoms with Gasteiger partial charge in [0.05, 0.1) is 0 Å². The van der Waals surface area contributed by atoms with Crippen LogP contribution in [0.3, 0.4) is 0 Å². The molecule has 1 saturated carbocycles. The maximum atomic E-state index is 11.2. The second kappa shape index (κ2) is 4.28. The fourth-order valence-electron chi connectivity index (χ4n) is 2.06. The topological polar surface area (TPSA) is 20.3 Å². The third-order valence-electron chi connectivity index (χ3n) is 3.60. The lowest BCUT2D eigenvalue weighted by Crippen LogP contribution is -2.30. The first-order valence-corrected chi connectivity index (χ1v) is 5.93. The van der Waals surface area contributed by atoms with Gasteiger partial charge in [-0.2, -0.15) is 0 Å². The molecule has 1 fully saturated rings. The Morgan fingerprint density at radius 3 is 2.31 bits per heavy atom. The highest BCUT2D eigenvalue weighted by Gasteiger charge is 2.30. The predicted octanol–water partition coefficient (Wildman–Crippen LogP) is 3.12. The fraction of sp³-hybridized carbons (Fsp3) is 0.500. The Balaban J connectivity index is 2.11. The molecule has 1 aromatic carbocycles. The molecule has 0 heterocycles. The molecule has 86 valence electrons. The summed E-state index contributed by atoms with van der Waals surface area (Å²) in [7, 11) is 2.13. The Hall–Kier alpha value is -1.31. The molecule has 16 heavy (non-hydrogen) atoms. The van der Waals surface area contributed by atoms with Crippen LogP contribution < -0.4 is 4.90 Å². The van der Waals surface area contributed by atoms with Gasteiger partial charge in [-0.25, -0.2) is 0 Å². The van der Waals surface area contributed by atoms with Gasteiger partial charge in [0, 0.05) is 24.3 Å². The summed E-state index contributed by atoms with van der Waals surface area (Å²) in [6, 6.07) is 8.50. The summed E-state index contributed by atoms with van der Waals surface area (Å²) in [5.41, 5.74) is 1.99. The third kappa shape index (κ3) is 2.26. The zero-order valence-electron chi connectivity index (χ0n) is 10.2. The molecule has 2 nitrogen and oxygen atoms in total. The Kier molecular flexibility index (Phi) is 2.99. The summed E-state index contributed by atoms with van der Waals surface area (Å²) < 4.78 is 0. The van der Waals surface area contributed by atoms with E-state index in [-0.39, 0.29) is 5.78 Å². The maximum Gasteiger partial charge on any atom is 0.159 e. The van der Waals surface area contributed by atoms with Gasteiger partial charge >= 0.3 is 0 Å². The minimum Gasteiger partial charge on any atom is -0.372 e. The minimum absolute atomic E-state index is 0.129. The van der Waals surface area contributed by atoms with Crippen LogP contribution in [0.4, 0.5) is 5.69 Å². The first-order valence-electron chi connectivity index (χ1n) is 5.93. The van der Waals surface area contributed by atoms with Crippen LogP contribution >= 0.6 is 0 Å². The number of nitrogens with zero attached hydrogens (tertiary/aromatic N) is 1. The van der Waals surface area contributed by atoms with Crippen molar-refractivity contribution in [1.82, 2.24) is 0 Å². The van der Waals surface area contributed by atoms with Gasteiger partial charge in [-0.1, -0.05) is 0 Å². The van der Waals surface area contributed by atoms with Crippen molar-refractivity contribution in [2.24, 2.45) is 5.92 Å². The number of hydrogen-bond donors (Lipinski definition) is 0. The molecule has 1 aliphatic rings. The smallest absolute Gasteiger partial charge is 0.159 e. The number of hydrogen-bond acceptors (Lipinski definition) is 2. The van der Waals surface area contributed by atoms with E-state index in [0.717, 1.165) is 11.5 Å². The van der Waals surface area contributed by atoms with E-state index in [1.165, 1.54) is 18.5 Å². The SMILES string of the molecule is CC(=O)c1ccc(N(C)C(C)C2CC2)cc1. The molecule has 2 heteroatoms. The highest BCUT2D eigenvalue weighted by molar-refractivity contribution is 5.94. The van der Waals surface area contributed by atoms with Crippen LogP contribution in [0.5, 0.6) is 0 Å². The van der Waals surface area contributed by atoms with Crippen LogP contribution in [-0.2, 0) is 0 Å². The Labute approximate surface area is 97.3 Å². The second-order valence-corrected chi connectivity index (χ2v) is 4.79. The van der Waals surface area contributed by atoms with Gasteiger partial charge in [0.2, 0.25) is 0 Å². The summed E-state index contributed by atoms with van der Waals surface area (Å²) in [4.78, 5) is 13.5. The first-order chi connectivity index (χ1) is 7.59. The monoisotopic (exact) mass is 217 g/mol.